The van der Waals surface area contributed by atoms with Crippen LogP contribution in [0.2, 0.25) is 5.15 Å². The van der Waals surface area contributed by atoms with E-state index in [1.807, 2.05) is 23.6 Å². The van der Waals surface area contributed by atoms with Crippen LogP contribution in [-0.4, -0.2) is 29.5 Å². The summed E-state index contributed by atoms with van der Waals surface area (Å²) in [6.45, 7) is 1.28. The maximum absolute atomic E-state index is 5.78. The molecule has 9 heteroatoms. The molecule has 3 aromatic heterocycles. The zero-order chi connectivity index (χ0) is 17.5. The van der Waals surface area contributed by atoms with Gasteiger partial charge in [-0.1, -0.05) is 23.7 Å². The fraction of sp³-hybridized carbons (Fsp3) is 0.235. The summed E-state index contributed by atoms with van der Waals surface area (Å²) >= 11 is 7.39. The van der Waals surface area contributed by atoms with Gasteiger partial charge >= 0.3 is 0 Å². The van der Waals surface area contributed by atoms with E-state index >= 15 is 0 Å². The molecule has 0 atom stereocenters. The zero-order valence-electron chi connectivity index (χ0n) is 14.1. The van der Waals surface area contributed by atoms with E-state index in [0.29, 0.717) is 23.5 Å². The molecule has 0 unspecified atom stereocenters. The molecule has 3 rings (SSSR count). The third-order valence-electron chi connectivity index (χ3n) is 3.44. The van der Waals surface area contributed by atoms with Gasteiger partial charge in [-0.2, -0.15) is 0 Å². The SMILES string of the molecule is CN=C(NCCc1ccc(Cl)nc1)NCc1coc(-c2cccs2)n1.I. The van der Waals surface area contributed by atoms with Gasteiger partial charge < -0.3 is 15.1 Å². The molecule has 0 radical (unpaired) electrons. The maximum atomic E-state index is 5.78. The van der Waals surface area contributed by atoms with Crippen molar-refractivity contribution < 1.29 is 4.42 Å². The fourth-order valence-electron chi connectivity index (χ4n) is 2.18. The molecule has 6 nitrogen and oxygen atoms in total. The van der Waals surface area contributed by atoms with E-state index in [1.165, 1.54) is 0 Å². The second-order valence-corrected chi connectivity index (χ2v) is 6.55. The number of hydrogen-bond donors (Lipinski definition) is 2. The van der Waals surface area contributed by atoms with Gasteiger partial charge in [-0.25, -0.2) is 9.97 Å². The summed E-state index contributed by atoms with van der Waals surface area (Å²) in [6.07, 6.45) is 4.27. The fourth-order valence-corrected chi connectivity index (χ4v) is 2.94. The Balaban J connectivity index is 0.00000243. The van der Waals surface area contributed by atoms with Crippen LogP contribution in [0, 0.1) is 0 Å². The molecular formula is C17H19ClIN5OS. The lowest BCUT2D eigenvalue weighted by atomic mass is 10.2. The molecule has 0 spiro atoms. The van der Waals surface area contributed by atoms with Crippen LogP contribution in [-0.2, 0) is 13.0 Å². The van der Waals surface area contributed by atoms with Crippen molar-refractivity contribution in [2.75, 3.05) is 13.6 Å². The van der Waals surface area contributed by atoms with Gasteiger partial charge in [-0.15, -0.1) is 35.3 Å². The van der Waals surface area contributed by atoms with Gasteiger partial charge in [-0.05, 0) is 29.5 Å². The third kappa shape index (κ3) is 5.96. The van der Waals surface area contributed by atoms with Gasteiger partial charge in [0.2, 0.25) is 5.89 Å². The summed E-state index contributed by atoms with van der Waals surface area (Å²) in [7, 11) is 1.74. The van der Waals surface area contributed by atoms with E-state index in [0.717, 1.165) is 29.1 Å². The number of halogens is 2. The van der Waals surface area contributed by atoms with Crippen molar-refractivity contribution in [3.63, 3.8) is 0 Å². The van der Waals surface area contributed by atoms with Crippen LogP contribution >= 0.6 is 46.9 Å². The second kappa shape index (κ2) is 10.5. The molecule has 138 valence electrons. The molecule has 0 fully saturated rings. The number of aliphatic imine (C=N–C) groups is 1. The van der Waals surface area contributed by atoms with Crippen molar-refractivity contribution >= 4 is 52.9 Å². The van der Waals surface area contributed by atoms with Crippen molar-refractivity contribution in [2.24, 2.45) is 4.99 Å². The minimum absolute atomic E-state index is 0. The molecular weight excluding hydrogens is 485 g/mol. The van der Waals surface area contributed by atoms with Crippen LogP contribution < -0.4 is 10.6 Å². The molecule has 3 aromatic rings. The number of nitrogens with one attached hydrogen (secondary N) is 2. The molecule has 0 saturated carbocycles. The first-order chi connectivity index (χ1) is 12.2. The van der Waals surface area contributed by atoms with E-state index in [-0.39, 0.29) is 24.0 Å². The summed E-state index contributed by atoms with van der Waals surface area (Å²) in [6, 6.07) is 7.72. The highest BCUT2D eigenvalue weighted by Crippen LogP contribution is 2.23. The molecule has 0 bridgehead atoms. The first-order valence-electron chi connectivity index (χ1n) is 7.78. The summed E-state index contributed by atoms with van der Waals surface area (Å²) in [5, 5.41) is 8.98. The first kappa shape index (κ1) is 20.7. The standard InChI is InChI=1S/C17H18ClN5OS.HI/c1-19-17(20-7-6-12-4-5-15(18)21-9-12)22-10-13-11-24-16(23-13)14-3-2-8-25-14;/h2-5,8-9,11H,6-7,10H2,1H3,(H2,19,20,22);1H. The minimum atomic E-state index is 0. The Hall–Kier alpha value is -1.65. The van der Waals surface area contributed by atoms with Crippen molar-refractivity contribution in [3.05, 3.63) is 58.5 Å². The van der Waals surface area contributed by atoms with E-state index in [9.17, 15) is 0 Å². The average molecular weight is 504 g/mol. The predicted molar refractivity (Wildman–Crippen MR) is 116 cm³/mol. The van der Waals surface area contributed by atoms with E-state index in [4.69, 9.17) is 16.0 Å². The number of hydrogen-bond acceptors (Lipinski definition) is 5. The molecule has 2 N–H and O–H groups in total. The molecule has 0 amide bonds. The molecule has 0 aliphatic carbocycles. The number of oxazole rings is 1. The van der Waals surface area contributed by atoms with Crippen LogP contribution in [0.1, 0.15) is 11.3 Å². The quantitative estimate of drug-likeness (QED) is 0.230. The van der Waals surface area contributed by atoms with Gasteiger partial charge in [0.05, 0.1) is 17.1 Å². The Morgan fingerprint density at radius 1 is 1.31 bits per heavy atom. The summed E-state index contributed by atoms with van der Waals surface area (Å²) < 4.78 is 5.50. The summed E-state index contributed by atoms with van der Waals surface area (Å²) in [5.74, 6) is 1.35. The van der Waals surface area contributed by atoms with E-state index in [2.05, 4.69) is 25.6 Å². The van der Waals surface area contributed by atoms with Gasteiger partial charge in [0, 0.05) is 19.8 Å². The van der Waals surface area contributed by atoms with Crippen LogP contribution in [0.5, 0.6) is 0 Å². The van der Waals surface area contributed by atoms with Gasteiger partial charge in [0.15, 0.2) is 5.96 Å². The number of pyridine rings is 1. The normalized spacial score (nSPS) is 11.1. The lowest BCUT2D eigenvalue weighted by Gasteiger charge is -2.10. The Kier molecular flexibility index (Phi) is 8.33. The molecule has 0 saturated heterocycles. The minimum Gasteiger partial charge on any atom is -0.443 e. The highest BCUT2D eigenvalue weighted by Gasteiger charge is 2.08. The van der Waals surface area contributed by atoms with Crippen molar-refractivity contribution in [2.45, 2.75) is 13.0 Å². The average Bonchev–Trinajstić information content (AvgIpc) is 3.31. The summed E-state index contributed by atoms with van der Waals surface area (Å²) in [5.41, 5.74) is 1.94. The topological polar surface area (TPSA) is 75.3 Å². The Morgan fingerprint density at radius 3 is 2.88 bits per heavy atom. The van der Waals surface area contributed by atoms with Crippen molar-refractivity contribution in [3.8, 4) is 10.8 Å². The molecule has 3 heterocycles. The lowest BCUT2D eigenvalue weighted by Crippen LogP contribution is -2.37. The Bertz CT molecular complexity index is 820. The number of guanidine groups is 1. The van der Waals surface area contributed by atoms with Crippen LogP contribution in [0.4, 0.5) is 0 Å². The number of nitrogens with zero attached hydrogens (tertiary/aromatic N) is 3. The van der Waals surface area contributed by atoms with Crippen LogP contribution in [0.25, 0.3) is 10.8 Å². The highest BCUT2D eigenvalue weighted by molar-refractivity contribution is 14.0. The second-order valence-electron chi connectivity index (χ2n) is 5.21. The summed E-state index contributed by atoms with van der Waals surface area (Å²) in [4.78, 5) is 13.8. The smallest absolute Gasteiger partial charge is 0.236 e. The molecule has 0 aromatic carbocycles. The van der Waals surface area contributed by atoms with Gasteiger partial charge in [-0.3, -0.25) is 4.99 Å². The largest absolute Gasteiger partial charge is 0.443 e. The lowest BCUT2D eigenvalue weighted by molar-refractivity contribution is 0.573. The Morgan fingerprint density at radius 2 is 2.19 bits per heavy atom. The van der Waals surface area contributed by atoms with Gasteiger partial charge in [0.25, 0.3) is 0 Å². The Labute approximate surface area is 178 Å². The van der Waals surface area contributed by atoms with E-state index < -0.39 is 0 Å². The molecule has 0 aliphatic rings. The molecule has 0 aliphatic heterocycles. The van der Waals surface area contributed by atoms with E-state index in [1.54, 1.807) is 36.9 Å². The number of rotatable bonds is 6. The zero-order valence-corrected chi connectivity index (χ0v) is 18.0. The predicted octanol–water partition coefficient (Wildman–Crippen LogP) is 3.98. The molecule has 26 heavy (non-hydrogen) atoms. The third-order valence-corrected chi connectivity index (χ3v) is 4.52. The maximum Gasteiger partial charge on any atom is 0.236 e. The van der Waals surface area contributed by atoms with Crippen molar-refractivity contribution in [1.29, 1.82) is 0 Å². The number of thiophene rings is 1. The van der Waals surface area contributed by atoms with Crippen LogP contribution in [0.3, 0.4) is 0 Å². The van der Waals surface area contributed by atoms with Crippen LogP contribution in [0.15, 0.2) is 51.5 Å². The number of aromatic nitrogens is 2. The monoisotopic (exact) mass is 503 g/mol. The highest BCUT2D eigenvalue weighted by atomic mass is 127. The van der Waals surface area contributed by atoms with Crippen molar-refractivity contribution in [1.82, 2.24) is 20.6 Å². The first-order valence-corrected chi connectivity index (χ1v) is 9.03. The van der Waals surface area contributed by atoms with Gasteiger partial charge in [0.1, 0.15) is 11.4 Å².